The molecule has 0 bridgehead atoms. The van der Waals surface area contributed by atoms with Gasteiger partial charge in [0.05, 0.1) is 11.2 Å². The van der Waals surface area contributed by atoms with E-state index < -0.39 is 11.3 Å². The van der Waals surface area contributed by atoms with Crippen LogP contribution in [0.5, 0.6) is 5.75 Å². The first-order chi connectivity index (χ1) is 18.5. The molecule has 41 heavy (non-hydrogen) atoms. The number of anilines is 3. The molecule has 1 radical (unpaired) electrons. The zero-order valence-corrected chi connectivity index (χ0v) is 24.5. The molecule has 207 valence electrons. The van der Waals surface area contributed by atoms with E-state index in [1.54, 1.807) is 43.4 Å². The molecule has 1 aromatic heterocycles. The van der Waals surface area contributed by atoms with Gasteiger partial charge >= 0.3 is 0 Å². The van der Waals surface area contributed by atoms with Gasteiger partial charge in [-0.2, -0.15) is 0 Å². The maximum atomic E-state index is 13.5. The Morgan fingerprint density at radius 2 is 1.24 bits per heavy atom. The fraction of sp³-hybridized carbons (Fsp3) is 0.0303. The van der Waals surface area contributed by atoms with Crippen LogP contribution in [-0.2, 0) is 7.05 Å². The summed E-state index contributed by atoms with van der Waals surface area (Å²) in [4.78, 5) is 28.7. The first-order valence-electron chi connectivity index (χ1n) is 12.3. The smallest absolute Gasteiger partial charge is 0.265 e. The second kappa shape index (κ2) is 13.3. The van der Waals surface area contributed by atoms with Crippen LogP contribution in [0, 0.1) is 49.4 Å². The Labute approximate surface area is 277 Å². The number of rotatable bonds is 5. The minimum atomic E-state index is -0.531. The van der Waals surface area contributed by atoms with Crippen molar-refractivity contribution in [2.75, 3.05) is 4.90 Å². The van der Waals surface area contributed by atoms with Gasteiger partial charge in [-0.1, -0.05) is 66.7 Å². The summed E-state index contributed by atoms with van der Waals surface area (Å²) in [5.41, 5.74) is 2.97. The van der Waals surface area contributed by atoms with Crippen LogP contribution in [0.25, 0.3) is 21.7 Å². The van der Waals surface area contributed by atoms with Gasteiger partial charge in [0.15, 0.2) is 0 Å². The van der Waals surface area contributed by atoms with Gasteiger partial charge in [-0.25, -0.2) is 0 Å². The van der Waals surface area contributed by atoms with Crippen LogP contribution in [0.15, 0.2) is 126 Å². The predicted molar refractivity (Wildman–Crippen MR) is 160 cm³/mol. The van der Waals surface area contributed by atoms with E-state index in [9.17, 15) is 14.7 Å². The third-order valence-electron chi connectivity index (χ3n) is 6.91. The molecule has 0 saturated carbocycles. The van der Waals surface area contributed by atoms with Crippen LogP contribution in [0.3, 0.4) is 0 Å². The summed E-state index contributed by atoms with van der Waals surface area (Å²) in [5, 5.41) is 13.6. The monoisotopic (exact) mass is 685 g/mol. The van der Waals surface area contributed by atoms with Crippen molar-refractivity contribution in [3.63, 3.8) is 0 Å². The van der Waals surface area contributed by atoms with Crippen molar-refractivity contribution < 1.29 is 70.2 Å². The molecule has 1 heterocycles. The molecule has 0 fully saturated rings. The number of aromatic nitrogens is 1. The summed E-state index contributed by atoms with van der Waals surface area (Å²) in [6, 6.07) is 38.6. The summed E-state index contributed by atoms with van der Waals surface area (Å²) in [6.07, 6.45) is 0. The zero-order valence-electron chi connectivity index (χ0n) is 22.1. The van der Waals surface area contributed by atoms with E-state index in [1.807, 2.05) is 60.7 Å². The van der Waals surface area contributed by atoms with Crippen molar-refractivity contribution in [3.05, 3.63) is 143 Å². The SMILES string of the molecule is Cn1c(=O)c(C(=O)c2ccc(N(c3ccccc3)c3cccc4ccccc34)cc2)c(O)c2ccccc21.O.O.[Eu]. The van der Waals surface area contributed by atoms with E-state index in [1.165, 1.54) is 4.57 Å². The average Bonchev–Trinajstić information content (AvgIpc) is 2.97. The van der Waals surface area contributed by atoms with Gasteiger partial charge in [-0.15, -0.1) is 0 Å². The number of para-hydroxylation sites is 2. The molecule has 8 heteroatoms. The molecule has 6 rings (SSSR count). The Balaban J connectivity index is 0.00000154. The van der Waals surface area contributed by atoms with Crippen LogP contribution in [-0.4, -0.2) is 26.4 Å². The molecule has 5 aromatic carbocycles. The number of ketones is 1. The Bertz CT molecular complexity index is 1880. The van der Waals surface area contributed by atoms with Crippen LogP contribution in [0.2, 0.25) is 0 Å². The maximum absolute atomic E-state index is 13.5. The number of nitrogens with zero attached hydrogens (tertiary/aromatic N) is 2. The van der Waals surface area contributed by atoms with Crippen LogP contribution in [0.4, 0.5) is 17.1 Å². The van der Waals surface area contributed by atoms with Gasteiger partial charge in [-0.3, -0.25) is 9.59 Å². The summed E-state index contributed by atoms with van der Waals surface area (Å²) >= 11 is 0. The topological polar surface area (TPSA) is 126 Å². The molecule has 0 saturated heterocycles. The number of hydrogen-bond donors (Lipinski definition) is 1. The summed E-state index contributed by atoms with van der Waals surface area (Å²) in [6.45, 7) is 0. The van der Waals surface area contributed by atoms with Crippen molar-refractivity contribution in [2.45, 2.75) is 0 Å². The van der Waals surface area contributed by atoms with E-state index >= 15 is 0 Å². The number of benzene rings is 5. The zero-order chi connectivity index (χ0) is 26.2. The molecular formula is C33H28EuN2O5. The summed E-state index contributed by atoms with van der Waals surface area (Å²) in [7, 11) is 1.60. The predicted octanol–water partition coefficient (Wildman–Crippen LogP) is 5.45. The molecule has 0 aliphatic heterocycles. The van der Waals surface area contributed by atoms with Crippen molar-refractivity contribution in [2.24, 2.45) is 7.05 Å². The second-order valence-electron chi connectivity index (χ2n) is 9.15. The Kier molecular flexibility index (Phi) is 10.4. The number of aromatic hydroxyl groups is 1. The maximum Gasteiger partial charge on any atom is 0.265 e. The van der Waals surface area contributed by atoms with E-state index in [4.69, 9.17) is 0 Å². The fourth-order valence-corrected chi connectivity index (χ4v) is 5.00. The normalized spacial score (nSPS) is 10.3. The number of carbonyl (C=O) groups excluding carboxylic acids is 1. The molecule has 0 aliphatic carbocycles. The summed E-state index contributed by atoms with van der Waals surface area (Å²) in [5.74, 6) is -0.809. The van der Waals surface area contributed by atoms with Crippen molar-refractivity contribution in [1.82, 2.24) is 4.57 Å². The van der Waals surface area contributed by atoms with Crippen LogP contribution < -0.4 is 10.5 Å². The van der Waals surface area contributed by atoms with Gasteiger partial charge in [0, 0.05) is 84.1 Å². The molecule has 0 spiro atoms. The Morgan fingerprint density at radius 1 is 0.683 bits per heavy atom. The van der Waals surface area contributed by atoms with E-state index in [0.29, 0.717) is 16.5 Å². The molecule has 7 nitrogen and oxygen atoms in total. The van der Waals surface area contributed by atoms with E-state index in [-0.39, 0.29) is 71.6 Å². The first-order valence-corrected chi connectivity index (χ1v) is 12.3. The van der Waals surface area contributed by atoms with Gasteiger partial charge in [-0.05, 0) is 60.0 Å². The Hall–Kier alpha value is -3.66. The number of aryl methyl sites for hydroxylation is 1. The first kappa shape index (κ1) is 31.9. The minimum Gasteiger partial charge on any atom is -0.506 e. The average molecular weight is 685 g/mol. The molecule has 0 unspecified atom stereocenters. The molecule has 0 amide bonds. The number of fused-ring (bicyclic) bond motifs is 2. The van der Waals surface area contributed by atoms with Gasteiger partial charge in [0.1, 0.15) is 11.3 Å². The summed E-state index contributed by atoms with van der Waals surface area (Å²) < 4.78 is 1.40. The third kappa shape index (κ3) is 5.75. The van der Waals surface area contributed by atoms with Crippen molar-refractivity contribution >= 4 is 44.5 Å². The third-order valence-corrected chi connectivity index (χ3v) is 6.91. The number of pyridine rings is 1. The largest absolute Gasteiger partial charge is 0.506 e. The van der Waals surface area contributed by atoms with Crippen molar-refractivity contribution in [1.29, 1.82) is 0 Å². The molecule has 6 aromatic rings. The quantitative estimate of drug-likeness (QED) is 0.243. The Morgan fingerprint density at radius 3 is 1.95 bits per heavy atom. The van der Waals surface area contributed by atoms with Crippen LogP contribution >= 0.6 is 0 Å². The second-order valence-corrected chi connectivity index (χ2v) is 9.15. The molecule has 0 atom stereocenters. The molecule has 5 N–H and O–H groups in total. The van der Waals surface area contributed by atoms with Gasteiger partial charge in [0.2, 0.25) is 5.78 Å². The van der Waals surface area contributed by atoms with E-state index in [0.717, 1.165) is 27.8 Å². The van der Waals surface area contributed by atoms with E-state index in [2.05, 4.69) is 29.2 Å². The van der Waals surface area contributed by atoms with Gasteiger partial charge in [0.25, 0.3) is 5.56 Å². The fourth-order valence-electron chi connectivity index (χ4n) is 5.00. The molecular weight excluding hydrogens is 656 g/mol. The number of carbonyl (C=O) groups is 1. The van der Waals surface area contributed by atoms with Gasteiger partial charge < -0.3 is 25.5 Å². The molecule has 0 aliphatic rings. The number of hydrogen-bond acceptors (Lipinski definition) is 4. The van der Waals surface area contributed by atoms with Crippen molar-refractivity contribution in [3.8, 4) is 5.75 Å². The minimum absolute atomic E-state index is 0. The van der Waals surface area contributed by atoms with Crippen LogP contribution in [0.1, 0.15) is 15.9 Å². The standard InChI is InChI=1S/C33H24N2O3.Eu.2H2O/c1-34-28-16-8-7-15-27(28)32(37)30(33(34)38)31(36)23-18-20-25(21-19-23)35(24-12-3-2-4-13-24)29-17-9-11-22-10-5-6-14-26(22)29;;;/h2-21,37H,1H3;;2*1H2.